The van der Waals surface area contributed by atoms with Crippen molar-refractivity contribution in [3.8, 4) is 0 Å². The molecule has 100 valence electrons. The molecule has 0 radical (unpaired) electrons. The number of aliphatic hydroxyl groups excluding tert-OH is 1. The van der Waals surface area contributed by atoms with Crippen molar-refractivity contribution in [2.24, 2.45) is 0 Å². The van der Waals surface area contributed by atoms with E-state index in [1.807, 2.05) is 0 Å². The van der Waals surface area contributed by atoms with Gasteiger partial charge in [-0.3, -0.25) is 0 Å². The summed E-state index contributed by atoms with van der Waals surface area (Å²) in [5, 5.41) is 21.1. The highest BCUT2D eigenvalue weighted by molar-refractivity contribution is 5.88. The van der Waals surface area contributed by atoms with Gasteiger partial charge in [-0.2, -0.15) is 13.2 Å². The van der Waals surface area contributed by atoms with Crippen molar-refractivity contribution >= 4 is 17.7 Å². The largest absolute Gasteiger partial charge is 0.405 e. The molecule has 1 aromatic rings. The van der Waals surface area contributed by atoms with E-state index in [4.69, 9.17) is 10.5 Å². The lowest BCUT2D eigenvalue weighted by molar-refractivity contribution is -0.115. The fraction of sp³-hybridized carbons (Fsp3) is 0.400. The second kappa shape index (κ2) is 5.67. The summed E-state index contributed by atoms with van der Waals surface area (Å²) in [7, 11) is 1.58. The second-order valence-electron chi connectivity index (χ2n) is 3.44. The molecule has 0 unspecified atom stereocenters. The molecule has 5 nitrogen and oxygen atoms in total. The molecule has 0 aromatic carbocycles. The maximum Gasteiger partial charge on any atom is 0.405 e. The first kappa shape index (κ1) is 14.2. The Labute approximate surface area is 102 Å². The molecule has 0 spiro atoms. The van der Waals surface area contributed by atoms with Crippen molar-refractivity contribution in [1.82, 2.24) is 4.98 Å². The monoisotopic (exact) mass is 262 g/mol. The number of hydrogen-bond acceptors (Lipinski definition) is 5. The van der Waals surface area contributed by atoms with Gasteiger partial charge in [0.1, 0.15) is 12.4 Å². The number of nitrogens with one attached hydrogen (secondary N) is 3. The van der Waals surface area contributed by atoms with Crippen LogP contribution >= 0.6 is 0 Å². The van der Waals surface area contributed by atoms with Crippen molar-refractivity contribution in [1.29, 1.82) is 5.41 Å². The van der Waals surface area contributed by atoms with Gasteiger partial charge in [0, 0.05) is 18.8 Å². The highest BCUT2D eigenvalue weighted by Gasteiger charge is 2.27. The fourth-order valence-electron chi connectivity index (χ4n) is 1.37. The number of pyridine rings is 1. The smallest absolute Gasteiger partial charge is 0.390 e. The van der Waals surface area contributed by atoms with Gasteiger partial charge in [-0.05, 0) is 6.07 Å². The number of aromatic nitrogens is 1. The fourth-order valence-corrected chi connectivity index (χ4v) is 1.37. The molecule has 18 heavy (non-hydrogen) atoms. The number of aliphatic hydroxyl groups is 1. The third-order valence-electron chi connectivity index (χ3n) is 2.15. The van der Waals surface area contributed by atoms with Crippen molar-refractivity contribution in [3.05, 3.63) is 17.3 Å². The van der Waals surface area contributed by atoms with Gasteiger partial charge in [-0.15, -0.1) is 0 Å². The van der Waals surface area contributed by atoms with E-state index in [9.17, 15) is 13.2 Å². The Balaban J connectivity index is 3.11. The number of alkyl halides is 3. The molecule has 8 heteroatoms. The summed E-state index contributed by atoms with van der Waals surface area (Å²) in [4.78, 5) is 3.92. The molecule has 1 aromatic heterocycles. The Morgan fingerprint density at radius 3 is 2.61 bits per heavy atom. The van der Waals surface area contributed by atoms with Crippen LogP contribution in [0.25, 0.3) is 0 Å². The number of hydrogen-bond donors (Lipinski definition) is 4. The minimum atomic E-state index is -4.38. The number of rotatable bonds is 5. The molecular weight excluding hydrogens is 249 g/mol. The zero-order valence-corrected chi connectivity index (χ0v) is 9.60. The van der Waals surface area contributed by atoms with E-state index in [1.54, 1.807) is 7.05 Å². The van der Waals surface area contributed by atoms with Crippen LogP contribution in [0.1, 0.15) is 11.3 Å². The number of halogens is 3. The molecule has 1 heterocycles. The maximum absolute atomic E-state index is 12.1. The molecule has 0 fully saturated rings. The van der Waals surface area contributed by atoms with Crippen LogP contribution in [0.4, 0.5) is 24.7 Å². The van der Waals surface area contributed by atoms with Crippen LogP contribution in [0, 0.1) is 5.41 Å². The molecule has 0 aliphatic heterocycles. The number of nitrogens with zero attached hydrogens (tertiary/aromatic N) is 1. The van der Waals surface area contributed by atoms with Crippen molar-refractivity contribution in [3.63, 3.8) is 0 Å². The Morgan fingerprint density at radius 2 is 2.17 bits per heavy atom. The molecule has 0 atom stereocenters. The maximum atomic E-state index is 12.1. The molecule has 1 rings (SSSR count). The van der Waals surface area contributed by atoms with Crippen LogP contribution in [0.2, 0.25) is 0 Å². The quantitative estimate of drug-likeness (QED) is 0.607. The Morgan fingerprint density at radius 1 is 1.50 bits per heavy atom. The first-order valence-corrected chi connectivity index (χ1v) is 5.05. The highest BCUT2D eigenvalue weighted by Crippen LogP contribution is 2.24. The van der Waals surface area contributed by atoms with Crippen molar-refractivity contribution in [2.75, 3.05) is 24.2 Å². The SMILES string of the molecule is CNc1cc(C=N)c(NCC(F)(F)F)c(CO)n1. The molecular formula is C10H13F3N4O. The topological polar surface area (TPSA) is 81.0 Å². The predicted molar refractivity (Wildman–Crippen MR) is 62.1 cm³/mol. The van der Waals surface area contributed by atoms with Crippen LogP contribution in [0.3, 0.4) is 0 Å². The van der Waals surface area contributed by atoms with Crippen LogP contribution in [-0.2, 0) is 6.61 Å². The Hall–Kier alpha value is -1.83. The summed E-state index contributed by atoms with van der Waals surface area (Å²) in [5.74, 6) is 0.370. The van der Waals surface area contributed by atoms with E-state index in [0.29, 0.717) is 5.82 Å². The first-order chi connectivity index (χ1) is 8.41. The average Bonchev–Trinajstić information content (AvgIpc) is 2.34. The van der Waals surface area contributed by atoms with E-state index in [1.165, 1.54) is 6.07 Å². The first-order valence-electron chi connectivity index (χ1n) is 5.05. The Kier molecular flexibility index (Phi) is 4.49. The second-order valence-corrected chi connectivity index (χ2v) is 3.44. The Bertz CT molecular complexity index is 434. The van der Waals surface area contributed by atoms with Gasteiger partial charge in [0.05, 0.1) is 18.0 Å². The zero-order chi connectivity index (χ0) is 13.8. The zero-order valence-electron chi connectivity index (χ0n) is 9.60. The minimum Gasteiger partial charge on any atom is -0.390 e. The third-order valence-corrected chi connectivity index (χ3v) is 2.15. The lowest BCUT2D eigenvalue weighted by atomic mass is 10.1. The molecule has 0 bridgehead atoms. The molecule has 0 aliphatic carbocycles. The summed E-state index contributed by atoms with van der Waals surface area (Å²) in [6, 6.07) is 1.42. The van der Waals surface area contributed by atoms with Crippen LogP contribution in [0.15, 0.2) is 6.07 Å². The summed E-state index contributed by atoms with van der Waals surface area (Å²) in [5.41, 5.74) is 0.302. The lowest BCUT2D eigenvalue weighted by Gasteiger charge is -2.15. The highest BCUT2D eigenvalue weighted by atomic mass is 19.4. The minimum absolute atomic E-state index is 0.0174. The van der Waals surface area contributed by atoms with E-state index < -0.39 is 19.3 Å². The molecule has 0 saturated heterocycles. The van der Waals surface area contributed by atoms with Gasteiger partial charge in [0.25, 0.3) is 0 Å². The van der Waals surface area contributed by atoms with Gasteiger partial charge in [-0.25, -0.2) is 4.98 Å². The summed E-state index contributed by atoms with van der Waals surface area (Å²) < 4.78 is 36.4. The molecule has 4 N–H and O–H groups in total. The number of anilines is 2. The lowest BCUT2D eigenvalue weighted by Crippen LogP contribution is -2.23. The van der Waals surface area contributed by atoms with Gasteiger partial charge in [0.15, 0.2) is 0 Å². The molecule has 0 amide bonds. The van der Waals surface area contributed by atoms with Crippen molar-refractivity contribution < 1.29 is 18.3 Å². The summed E-state index contributed by atoms with van der Waals surface area (Å²) in [6.45, 7) is -1.77. The van der Waals surface area contributed by atoms with E-state index >= 15 is 0 Å². The van der Waals surface area contributed by atoms with Crippen LogP contribution < -0.4 is 10.6 Å². The average molecular weight is 262 g/mol. The van der Waals surface area contributed by atoms with Crippen LogP contribution in [-0.4, -0.2) is 36.1 Å². The van der Waals surface area contributed by atoms with Gasteiger partial charge in [0.2, 0.25) is 0 Å². The summed E-state index contributed by atoms with van der Waals surface area (Å²) >= 11 is 0. The van der Waals surface area contributed by atoms with Gasteiger partial charge >= 0.3 is 6.18 Å². The molecule has 0 saturated carbocycles. The van der Waals surface area contributed by atoms with Crippen molar-refractivity contribution in [2.45, 2.75) is 12.8 Å². The predicted octanol–water partition coefficient (Wildman–Crippen LogP) is 1.59. The standard InChI is InChI=1S/C10H13F3N4O/c1-15-8-2-6(3-14)9(7(4-18)17-8)16-5-10(11,12)13/h2-3,14,16,18H,4-5H2,1H3,(H,15,17). The van der Waals surface area contributed by atoms with E-state index in [0.717, 1.165) is 6.21 Å². The van der Waals surface area contributed by atoms with E-state index in [2.05, 4.69) is 15.6 Å². The summed E-state index contributed by atoms with van der Waals surface area (Å²) in [6.07, 6.45) is -3.48. The van der Waals surface area contributed by atoms with Gasteiger partial charge in [-0.1, -0.05) is 0 Å². The third kappa shape index (κ3) is 3.59. The van der Waals surface area contributed by atoms with Crippen LogP contribution in [0.5, 0.6) is 0 Å². The van der Waals surface area contributed by atoms with E-state index in [-0.39, 0.29) is 16.9 Å². The van der Waals surface area contributed by atoms with Gasteiger partial charge < -0.3 is 21.1 Å². The normalized spacial score (nSPS) is 11.2. The molecule has 0 aliphatic rings.